The SMILES string of the molecule is CCOC(=O)Cn1c2c(sc1=O)[C@H](c1ccc(OC)c(OC)c1)C1C(=O)N(c3ccc(Cl)cc3)C(=O)C1S2. The predicted octanol–water partition coefficient (Wildman–Crippen LogP) is 3.94. The van der Waals surface area contributed by atoms with E-state index in [1.807, 2.05) is 0 Å². The lowest BCUT2D eigenvalue weighted by Crippen LogP contribution is -2.32. The molecule has 2 unspecified atom stereocenters. The first kappa shape index (κ1) is 26.3. The van der Waals surface area contributed by atoms with Crippen LogP contribution in [0.1, 0.15) is 23.3 Å². The van der Waals surface area contributed by atoms with Gasteiger partial charge in [0.25, 0.3) is 0 Å². The normalized spacial score (nSPS) is 20.2. The number of hydrogen-bond donors (Lipinski definition) is 0. The number of anilines is 1. The fourth-order valence-corrected chi connectivity index (χ4v) is 7.74. The zero-order valence-electron chi connectivity index (χ0n) is 20.6. The summed E-state index contributed by atoms with van der Waals surface area (Å²) in [4.78, 5) is 54.4. The fraction of sp³-hybridized carbons (Fsp3) is 0.308. The molecule has 12 heteroatoms. The third-order valence-electron chi connectivity index (χ3n) is 6.49. The molecule has 3 heterocycles. The van der Waals surface area contributed by atoms with Crippen LogP contribution in [0.2, 0.25) is 5.02 Å². The van der Waals surface area contributed by atoms with Crippen molar-refractivity contribution in [3.05, 3.63) is 67.6 Å². The summed E-state index contributed by atoms with van der Waals surface area (Å²) >= 11 is 8.13. The minimum absolute atomic E-state index is 0.176. The smallest absolute Gasteiger partial charge is 0.326 e. The average molecular weight is 575 g/mol. The Balaban J connectivity index is 1.67. The largest absolute Gasteiger partial charge is 0.493 e. The highest BCUT2D eigenvalue weighted by atomic mass is 35.5. The molecule has 1 fully saturated rings. The van der Waals surface area contributed by atoms with Gasteiger partial charge in [0, 0.05) is 15.8 Å². The highest BCUT2D eigenvalue weighted by Gasteiger charge is 2.57. The molecule has 0 N–H and O–H groups in total. The first-order valence-electron chi connectivity index (χ1n) is 11.7. The average Bonchev–Trinajstić information content (AvgIpc) is 3.35. The Morgan fingerprint density at radius 3 is 2.37 bits per heavy atom. The van der Waals surface area contributed by atoms with Crippen molar-refractivity contribution >= 4 is 58.2 Å². The first-order chi connectivity index (χ1) is 18.3. The van der Waals surface area contributed by atoms with Crippen LogP contribution in [-0.2, 0) is 25.7 Å². The van der Waals surface area contributed by atoms with Gasteiger partial charge in [-0.2, -0.15) is 0 Å². The molecular formula is C26H23ClN2O7S2. The van der Waals surface area contributed by atoms with Gasteiger partial charge in [-0.25, -0.2) is 4.90 Å². The molecule has 38 heavy (non-hydrogen) atoms. The van der Waals surface area contributed by atoms with Crippen molar-refractivity contribution in [2.75, 3.05) is 25.7 Å². The molecule has 198 valence electrons. The van der Waals surface area contributed by atoms with E-state index < -0.39 is 29.0 Å². The van der Waals surface area contributed by atoms with Gasteiger partial charge in [-0.1, -0.05) is 40.8 Å². The van der Waals surface area contributed by atoms with Crippen LogP contribution < -0.4 is 19.2 Å². The van der Waals surface area contributed by atoms with Crippen LogP contribution in [0.15, 0.2) is 52.3 Å². The number of halogens is 1. The molecule has 9 nitrogen and oxygen atoms in total. The van der Waals surface area contributed by atoms with Crippen molar-refractivity contribution in [2.24, 2.45) is 5.92 Å². The fourth-order valence-electron chi connectivity index (χ4n) is 4.84. The number of amides is 2. The van der Waals surface area contributed by atoms with Gasteiger partial charge in [-0.15, -0.1) is 0 Å². The lowest BCUT2D eigenvalue weighted by Gasteiger charge is -2.31. The Labute approximate surface area is 231 Å². The van der Waals surface area contributed by atoms with Crippen molar-refractivity contribution in [1.82, 2.24) is 4.57 Å². The summed E-state index contributed by atoms with van der Waals surface area (Å²) in [5.74, 6) is -1.80. The third kappa shape index (κ3) is 4.38. The predicted molar refractivity (Wildman–Crippen MR) is 144 cm³/mol. The quantitative estimate of drug-likeness (QED) is 0.309. The molecule has 0 aliphatic carbocycles. The van der Waals surface area contributed by atoms with Gasteiger partial charge in [0.15, 0.2) is 11.5 Å². The second-order valence-electron chi connectivity index (χ2n) is 8.57. The number of thiazole rings is 1. The van der Waals surface area contributed by atoms with Gasteiger partial charge in [-0.3, -0.25) is 23.7 Å². The molecular weight excluding hydrogens is 552 g/mol. The molecule has 0 saturated carbocycles. The van der Waals surface area contributed by atoms with Crippen LogP contribution in [0.4, 0.5) is 5.69 Å². The minimum atomic E-state index is -0.814. The zero-order valence-corrected chi connectivity index (χ0v) is 23.0. The van der Waals surface area contributed by atoms with E-state index in [1.54, 1.807) is 49.4 Å². The number of rotatable bonds is 7. The standard InChI is InChI=1S/C26H23ClN2O7S2/c1-4-36-18(30)12-28-25-22(38-26(28)33)19(13-5-10-16(34-2)17(11-13)35-3)20-21(37-25)24(32)29(23(20)31)15-8-6-14(27)7-9-15/h5-11,19-21H,4,12H2,1-3H3/t19-,20?,21?/m1/s1. The van der Waals surface area contributed by atoms with Gasteiger partial charge >= 0.3 is 10.8 Å². The summed E-state index contributed by atoms with van der Waals surface area (Å²) in [5.41, 5.74) is 1.10. The number of aromatic nitrogens is 1. The maximum absolute atomic E-state index is 13.9. The number of imide groups is 1. The number of thioether (sulfide) groups is 1. The van der Waals surface area contributed by atoms with Crippen molar-refractivity contribution in [3.63, 3.8) is 0 Å². The lowest BCUT2D eigenvalue weighted by molar-refractivity contribution is -0.144. The molecule has 0 radical (unpaired) electrons. The summed E-state index contributed by atoms with van der Waals surface area (Å²) in [6.45, 7) is 1.57. The maximum atomic E-state index is 13.9. The molecule has 0 spiro atoms. The Morgan fingerprint density at radius 2 is 1.71 bits per heavy atom. The molecule has 2 aromatic carbocycles. The number of carbonyl (C=O) groups excluding carboxylic acids is 3. The van der Waals surface area contributed by atoms with Crippen LogP contribution in [-0.4, -0.2) is 48.4 Å². The summed E-state index contributed by atoms with van der Waals surface area (Å²) in [5, 5.41) is 0.146. The first-order valence-corrected chi connectivity index (χ1v) is 13.8. The Hall–Kier alpha value is -3.28. The number of benzene rings is 2. The monoisotopic (exact) mass is 574 g/mol. The van der Waals surface area contributed by atoms with E-state index in [2.05, 4.69) is 0 Å². The second-order valence-corrected chi connectivity index (χ2v) is 11.1. The van der Waals surface area contributed by atoms with Gasteiger partial charge in [0.05, 0.1) is 37.5 Å². The van der Waals surface area contributed by atoms with Crippen LogP contribution in [0.5, 0.6) is 11.5 Å². The number of ether oxygens (including phenoxy) is 3. The van der Waals surface area contributed by atoms with E-state index in [0.717, 1.165) is 23.1 Å². The van der Waals surface area contributed by atoms with Crippen LogP contribution in [0, 0.1) is 5.92 Å². The Kier molecular flexibility index (Phi) is 7.26. The molecule has 3 atom stereocenters. The number of hydrogen-bond acceptors (Lipinski definition) is 9. The van der Waals surface area contributed by atoms with E-state index in [-0.39, 0.29) is 23.9 Å². The highest BCUT2D eigenvalue weighted by Crippen LogP contribution is 2.54. The van der Waals surface area contributed by atoms with Crippen molar-refractivity contribution < 1.29 is 28.6 Å². The van der Waals surface area contributed by atoms with Crippen molar-refractivity contribution in [2.45, 2.75) is 29.7 Å². The van der Waals surface area contributed by atoms with Crippen LogP contribution in [0.25, 0.3) is 0 Å². The van der Waals surface area contributed by atoms with Gasteiger partial charge in [0.2, 0.25) is 11.8 Å². The second kappa shape index (κ2) is 10.5. The van der Waals surface area contributed by atoms with Gasteiger partial charge in [0.1, 0.15) is 11.8 Å². The minimum Gasteiger partial charge on any atom is -0.493 e. The number of fused-ring (bicyclic) bond motifs is 2. The third-order valence-corrected chi connectivity index (χ3v) is 9.35. The van der Waals surface area contributed by atoms with Gasteiger partial charge in [-0.05, 0) is 48.9 Å². The molecule has 1 saturated heterocycles. The molecule has 2 aliphatic heterocycles. The molecule has 0 bridgehead atoms. The Bertz CT molecular complexity index is 1480. The Morgan fingerprint density at radius 1 is 1.00 bits per heavy atom. The molecule has 5 rings (SSSR count). The van der Waals surface area contributed by atoms with E-state index in [0.29, 0.717) is 37.7 Å². The summed E-state index contributed by atoms with van der Waals surface area (Å²) in [6, 6.07) is 11.8. The lowest BCUT2D eigenvalue weighted by atomic mass is 9.83. The van der Waals surface area contributed by atoms with E-state index >= 15 is 0 Å². The molecule has 3 aromatic rings. The highest BCUT2D eigenvalue weighted by molar-refractivity contribution is 8.00. The summed E-state index contributed by atoms with van der Waals surface area (Å²) in [7, 11) is 3.03. The maximum Gasteiger partial charge on any atom is 0.326 e. The zero-order chi connectivity index (χ0) is 27.1. The van der Waals surface area contributed by atoms with E-state index in [9.17, 15) is 19.2 Å². The molecule has 1 aromatic heterocycles. The summed E-state index contributed by atoms with van der Waals surface area (Å²) < 4.78 is 17.3. The molecule has 2 aliphatic rings. The van der Waals surface area contributed by atoms with Gasteiger partial charge < -0.3 is 14.2 Å². The topological polar surface area (TPSA) is 104 Å². The number of carbonyl (C=O) groups is 3. The number of nitrogens with zero attached hydrogens (tertiary/aromatic N) is 2. The van der Waals surface area contributed by atoms with Crippen LogP contribution >= 0.6 is 34.7 Å². The van der Waals surface area contributed by atoms with Crippen molar-refractivity contribution in [1.29, 1.82) is 0 Å². The molecule has 2 amide bonds. The van der Waals surface area contributed by atoms with E-state index in [4.69, 9.17) is 25.8 Å². The van der Waals surface area contributed by atoms with Crippen molar-refractivity contribution in [3.8, 4) is 11.5 Å². The van der Waals surface area contributed by atoms with E-state index in [1.165, 1.54) is 23.7 Å². The summed E-state index contributed by atoms with van der Waals surface area (Å²) in [6.07, 6.45) is 0. The van der Waals surface area contributed by atoms with Crippen LogP contribution in [0.3, 0.4) is 0 Å². The number of methoxy groups -OCH3 is 2. The number of esters is 1.